The van der Waals surface area contributed by atoms with Gasteiger partial charge in [0.2, 0.25) is 0 Å². The Morgan fingerprint density at radius 3 is 2.52 bits per heavy atom. The molecule has 0 amide bonds. The molecule has 0 bridgehead atoms. The van der Waals surface area contributed by atoms with Crippen LogP contribution in [0, 0.1) is 0 Å². The third-order valence-corrected chi connectivity index (χ3v) is 3.28. The van der Waals surface area contributed by atoms with Crippen molar-refractivity contribution in [3.8, 4) is 5.75 Å². The van der Waals surface area contributed by atoms with E-state index >= 15 is 0 Å². The number of halogens is 1. The van der Waals surface area contributed by atoms with Crippen LogP contribution in [0.15, 0.2) is 54.6 Å². The molecule has 21 heavy (non-hydrogen) atoms. The van der Waals surface area contributed by atoms with Crippen LogP contribution in [0.25, 0.3) is 0 Å². The fourth-order valence-electron chi connectivity index (χ4n) is 1.86. The van der Waals surface area contributed by atoms with Crippen molar-refractivity contribution in [3.63, 3.8) is 0 Å². The van der Waals surface area contributed by atoms with Gasteiger partial charge in [-0.05, 0) is 23.3 Å². The molecule has 0 aliphatic rings. The van der Waals surface area contributed by atoms with Crippen molar-refractivity contribution >= 4 is 28.6 Å². The number of ether oxygens (including phenoxy) is 2. The van der Waals surface area contributed by atoms with Gasteiger partial charge in [0.25, 0.3) is 0 Å². The van der Waals surface area contributed by atoms with Crippen molar-refractivity contribution in [3.05, 3.63) is 65.7 Å². The lowest BCUT2D eigenvalue weighted by Gasteiger charge is -2.08. The normalized spacial score (nSPS) is 10.1. The van der Waals surface area contributed by atoms with Crippen LogP contribution in [-0.4, -0.2) is 17.0 Å². The zero-order chi connectivity index (χ0) is 14.9. The maximum Gasteiger partial charge on any atom is 0.310 e. The molecular weight excluding hydrogens is 379 g/mol. The highest BCUT2D eigenvalue weighted by Crippen LogP contribution is 2.16. The van der Waals surface area contributed by atoms with Crippen molar-refractivity contribution < 1.29 is 14.3 Å². The quantitative estimate of drug-likeness (QED) is 0.406. The predicted octanol–water partition coefficient (Wildman–Crippen LogP) is 3.79. The van der Waals surface area contributed by atoms with Crippen LogP contribution in [0.4, 0.5) is 0 Å². The van der Waals surface area contributed by atoms with Gasteiger partial charge in [-0.15, -0.1) is 0 Å². The molecule has 0 saturated heterocycles. The molecule has 0 aliphatic carbocycles. The second kappa shape index (κ2) is 8.67. The average molecular weight is 396 g/mol. The number of alkyl halides is 1. The first kappa shape index (κ1) is 15.8. The Morgan fingerprint density at radius 1 is 1.00 bits per heavy atom. The van der Waals surface area contributed by atoms with Gasteiger partial charge in [0.1, 0.15) is 19.0 Å². The van der Waals surface area contributed by atoms with Gasteiger partial charge in [-0.1, -0.05) is 65.1 Å². The minimum Gasteiger partial charge on any atom is -0.489 e. The fraction of sp³-hybridized carbons (Fsp3) is 0.235. The fourth-order valence-corrected chi connectivity index (χ4v) is 2.08. The van der Waals surface area contributed by atoms with Gasteiger partial charge in [0.05, 0.1) is 6.42 Å². The molecule has 110 valence electrons. The lowest BCUT2D eigenvalue weighted by Crippen LogP contribution is -2.09. The summed E-state index contributed by atoms with van der Waals surface area (Å²) in [5.74, 6) is 0.560. The molecule has 2 aromatic carbocycles. The third-order valence-electron chi connectivity index (χ3n) is 2.84. The van der Waals surface area contributed by atoms with Crippen molar-refractivity contribution in [1.82, 2.24) is 0 Å². The number of esters is 1. The van der Waals surface area contributed by atoms with Crippen molar-refractivity contribution in [2.24, 2.45) is 0 Å². The lowest BCUT2D eigenvalue weighted by atomic mass is 10.1. The summed E-state index contributed by atoms with van der Waals surface area (Å²) in [4.78, 5) is 11.6. The molecule has 0 spiro atoms. The maximum absolute atomic E-state index is 11.6. The first-order valence-electron chi connectivity index (χ1n) is 6.75. The summed E-state index contributed by atoms with van der Waals surface area (Å²) >= 11 is 2.18. The van der Waals surface area contributed by atoms with E-state index in [9.17, 15) is 4.79 Å². The minimum absolute atomic E-state index is 0.202. The van der Waals surface area contributed by atoms with Gasteiger partial charge >= 0.3 is 5.97 Å². The van der Waals surface area contributed by atoms with E-state index in [0.29, 0.717) is 13.2 Å². The summed E-state index contributed by atoms with van der Waals surface area (Å²) in [6.07, 6.45) is 0.277. The molecular formula is C17H17IO3. The zero-order valence-corrected chi connectivity index (χ0v) is 13.8. The van der Waals surface area contributed by atoms with Crippen LogP contribution in [0.5, 0.6) is 5.75 Å². The Hall–Kier alpha value is -1.56. The molecule has 0 heterocycles. The Kier molecular flexibility index (Phi) is 6.53. The van der Waals surface area contributed by atoms with Gasteiger partial charge in [-0.2, -0.15) is 0 Å². The van der Waals surface area contributed by atoms with Crippen molar-refractivity contribution in [1.29, 1.82) is 0 Å². The van der Waals surface area contributed by atoms with Gasteiger partial charge in [0, 0.05) is 4.43 Å². The molecule has 0 fully saturated rings. The molecule has 0 unspecified atom stereocenters. The molecule has 2 rings (SSSR count). The average Bonchev–Trinajstić information content (AvgIpc) is 2.52. The van der Waals surface area contributed by atoms with E-state index in [1.165, 1.54) is 0 Å². The second-order valence-electron chi connectivity index (χ2n) is 4.51. The maximum atomic E-state index is 11.6. The molecule has 2 aromatic rings. The summed E-state index contributed by atoms with van der Waals surface area (Å²) in [5.41, 5.74) is 2.02. The van der Waals surface area contributed by atoms with E-state index in [1.54, 1.807) is 0 Å². The van der Waals surface area contributed by atoms with Crippen LogP contribution in [0.2, 0.25) is 0 Å². The predicted molar refractivity (Wildman–Crippen MR) is 90.8 cm³/mol. The molecule has 4 heteroatoms. The lowest BCUT2D eigenvalue weighted by molar-refractivity contribution is -0.142. The van der Waals surface area contributed by atoms with E-state index in [-0.39, 0.29) is 12.4 Å². The van der Waals surface area contributed by atoms with Crippen LogP contribution < -0.4 is 4.74 Å². The standard InChI is InChI=1S/C17H17IO3/c18-9-10-20-17(19)12-15-7-4-8-16(11-15)21-13-14-5-2-1-3-6-14/h1-8,11H,9-10,12-13H2. The van der Waals surface area contributed by atoms with Crippen molar-refractivity contribution in [2.75, 3.05) is 11.0 Å². The highest BCUT2D eigenvalue weighted by atomic mass is 127. The van der Waals surface area contributed by atoms with Gasteiger partial charge < -0.3 is 9.47 Å². The van der Waals surface area contributed by atoms with Crippen LogP contribution in [0.3, 0.4) is 0 Å². The van der Waals surface area contributed by atoms with Gasteiger partial charge in [-0.25, -0.2) is 0 Å². The highest BCUT2D eigenvalue weighted by Gasteiger charge is 2.05. The number of rotatable bonds is 7. The van der Waals surface area contributed by atoms with Crippen LogP contribution >= 0.6 is 22.6 Å². The van der Waals surface area contributed by atoms with E-state index < -0.39 is 0 Å². The van der Waals surface area contributed by atoms with E-state index in [1.807, 2.05) is 54.6 Å². The monoisotopic (exact) mass is 396 g/mol. The van der Waals surface area contributed by atoms with Crippen LogP contribution in [-0.2, 0) is 22.6 Å². The number of benzene rings is 2. The smallest absolute Gasteiger partial charge is 0.310 e. The summed E-state index contributed by atoms with van der Waals surface area (Å²) in [5, 5.41) is 0. The molecule has 0 N–H and O–H groups in total. The Balaban J connectivity index is 1.90. The molecule has 3 nitrogen and oxygen atoms in total. The van der Waals surface area contributed by atoms with Gasteiger partial charge in [-0.3, -0.25) is 4.79 Å². The Labute approximate surface area is 138 Å². The SMILES string of the molecule is O=C(Cc1cccc(OCc2ccccc2)c1)OCCI. The number of carbonyl (C=O) groups is 1. The van der Waals surface area contributed by atoms with Gasteiger partial charge in [0.15, 0.2) is 0 Å². The highest BCUT2D eigenvalue weighted by molar-refractivity contribution is 14.1. The summed E-state index contributed by atoms with van der Waals surface area (Å²) in [6.45, 7) is 0.979. The number of hydrogen-bond donors (Lipinski definition) is 0. The largest absolute Gasteiger partial charge is 0.489 e. The summed E-state index contributed by atoms with van der Waals surface area (Å²) in [6, 6.07) is 17.6. The molecule has 0 saturated carbocycles. The molecule has 0 radical (unpaired) electrons. The Morgan fingerprint density at radius 2 is 1.76 bits per heavy atom. The topological polar surface area (TPSA) is 35.5 Å². The Bertz CT molecular complexity index is 569. The van der Waals surface area contributed by atoms with Crippen LogP contribution in [0.1, 0.15) is 11.1 Å². The zero-order valence-electron chi connectivity index (χ0n) is 11.6. The summed E-state index contributed by atoms with van der Waals surface area (Å²) in [7, 11) is 0. The molecule has 0 aliphatic heterocycles. The molecule has 0 aromatic heterocycles. The third kappa shape index (κ3) is 5.75. The first-order valence-corrected chi connectivity index (χ1v) is 8.28. The summed E-state index contributed by atoms with van der Waals surface area (Å²) < 4.78 is 11.6. The molecule has 0 atom stereocenters. The number of hydrogen-bond acceptors (Lipinski definition) is 3. The van der Waals surface area contributed by atoms with E-state index in [0.717, 1.165) is 21.3 Å². The van der Waals surface area contributed by atoms with E-state index in [4.69, 9.17) is 9.47 Å². The van der Waals surface area contributed by atoms with Crippen molar-refractivity contribution in [2.45, 2.75) is 13.0 Å². The minimum atomic E-state index is -0.202. The first-order chi connectivity index (χ1) is 10.3. The number of carbonyl (C=O) groups excluding carboxylic acids is 1. The van der Waals surface area contributed by atoms with E-state index in [2.05, 4.69) is 22.6 Å². The second-order valence-corrected chi connectivity index (χ2v) is 5.59.